The van der Waals surface area contributed by atoms with Crippen LogP contribution in [0.4, 0.5) is 0 Å². The van der Waals surface area contributed by atoms with Crippen LogP contribution in [0, 0.1) is 0 Å². The van der Waals surface area contributed by atoms with Crippen molar-refractivity contribution in [1.29, 1.82) is 0 Å². The van der Waals surface area contributed by atoms with Crippen molar-refractivity contribution in [2.75, 3.05) is 0 Å². The average Bonchev–Trinajstić information content (AvgIpc) is 1.29. The number of hydrogen-bond donors (Lipinski definition) is 0. The first-order chi connectivity index (χ1) is 60.5. The van der Waals surface area contributed by atoms with Crippen LogP contribution < -0.4 is 0 Å². The maximum absolute atomic E-state index is 2.42. The summed E-state index contributed by atoms with van der Waals surface area (Å²) in [6, 6.07) is 169. The molecule has 0 N–H and O–H groups in total. The highest BCUT2D eigenvalue weighted by Crippen LogP contribution is 2.47. The zero-order valence-electron chi connectivity index (χ0n) is 66.9. The van der Waals surface area contributed by atoms with Gasteiger partial charge in [-0.3, -0.25) is 0 Å². The zero-order chi connectivity index (χ0) is 80.6. The van der Waals surface area contributed by atoms with Crippen molar-refractivity contribution < 1.29 is 0 Å². The van der Waals surface area contributed by atoms with Crippen LogP contribution in [0.2, 0.25) is 0 Å². The Morgan fingerprint density at radius 2 is 0.377 bits per heavy atom. The van der Waals surface area contributed by atoms with E-state index in [1.807, 2.05) is 0 Å². The molecule has 0 atom stereocenters. The normalized spacial score (nSPS) is 11.6. The quantitative estimate of drug-likeness (QED) is 0.108. The Hall–Kier alpha value is -16.0. The predicted molar refractivity (Wildman–Crippen MR) is 521 cm³/mol. The standard InChI is InChI=1S/C64H41N.C56H37N/c1-4-18-50-43(13-1)16-11-25-52(50)45-29-27-42(28-30-45)48-35-37-64-61(39-48)62(47-33-31-46(32-34-47)53-26-12-17-44-14-2-5-19-51(44)53)41-65(64)63-38-36-58(56-22-9-10-24-59(56)63)60-40-49-15-3-6-20-54(49)55-21-7-8-23-57(55)60;1-3-13-38(14-4-1)40-23-25-42(26-24-40)44-31-33-56-53(35-44)54(43-29-27-41(28-30-43)39-15-5-2-6-16-39)37-57(56)55-34-32-50(48-20-11-12-22-51(48)55)52-36-45-17-7-8-18-46(45)47-19-9-10-21-49(47)52/h1-41H;1-37H. The van der Waals surface area contributed by atoms with Crippen LogP contribution >= 0.6 is 0 Å². The van der Waals surface area contributed by atoms with E-state index in [4.69, 9.17) is 0 Å². The van der Waals surface area contributed by atoms with Crippen molar-refractivity contribution in [2.24, 2.45) is 0 Å². The minimum absolute atomic E-state index is 1.16. The lowest BCUT2D eigenvalue weighted by Gasteiger charge is -2.16. The molecule has 0 aliphatic rings. The molecule has 0 amide bonds. The van der Waals surface area contributed by atoms with E-state index in [1.165, 1.54) is 219 Å². The van der Waals surface area contributed by atoms with E-state index in [2.05, 4.69) is 483 Å². The maximum Gasteiger partial charge on any atom is 0.0535 e. The summed E-state index contributed by atoms with van der Waals surface area (Å²) in [5, 5.41) is 22.5. The van der Waals surface area contributed by atoms with Crippen molar-refractivity contribution in [2.45, 2.75) is 0 Å². The first-order valence-corrected chi connectivity index (χ1v) is 42.2. The lowest BCUT2D eigenvalue weighted by Crippen LogP contribution is -1.95. The molecule has 0 bridgehead atoms. The summed E-state index contributed by atoms with van der Waals surface area (Å²) < 4.78 is 4.82. The van der Waals surface area contributed by atoms with Crippen LogP contribution in [0.5, 0.6) is 0 Å². The van der Waals surface area contributed by atoms with Crippen LogP contribution in [0.25, 0.3) is 231 Å². The van der Waals surface area contributed by atoms with Crippen molar-refractivity contribution in [3.05, 3.63) is 473 Å². The van der Waals surface area contributed by atoms with Gasteiger partial charge >= 0.3 is 0 Å². The van der Waals surface area contributed by atoms with E-state index in [9.17, 15) is 0 Å². The molecular weight excluding hydrogens is 1470 g/mol. The molecule has 22 aromatic carbocycles. The lowest BCUT2D eigenvalue weighted by molar-refractivity contribution is 1.14. The van der Waals surface area contributed by atoms with E-state index in [0.717, 1.165) is 11.4 Å². The summed E-state index contributed by atoms with van der Waals surface area (Å²) in [7, 11) is 0. The molecular formula is C120H78N2. The van der Waals surface area contributed by atoms with Gasteiger partial charge < -0.3 is 9.13 Å². The molecule has 2 nitrogen and oxygen atoms in total. The summed E-state index contributed by atoms with van der Waals surface area (Å²) in [4.78, 5) is 0. The first kappa shape index (κ1) is 71.3. The number of nitrogens with zero attached hydrogens (tertiary/aromatic N) is 2. The van der Waals surface area contributed by atoms with Gasteiger partial charge in [0.05, 0.1) is 22.4 Å². The fraction of sp³-hybridized carbons (Fsp3) is 0. The van der Waals surface area contributed by atoms with Crippen molar-refractivity contribution >= 4 is 108 Å². The molecule has 0 radical (unpaired) electrons. The van der Waals surface area contributed by atoms with Gasteiger partial charge in [0, 0.05) is 45.1 Å². The van der Waals surface area contributed by atoms with Crippen LogP contribution in [-0.2, 0) is 0 Å². The molecule has 0 aliphatic carbocycles. The molecule has 0 saturated carbocycles. The molecule has 0 fully saturated rings. The molecule has 0 spiro atoms. The molecule has 122 heavy (non-hydrogen) atoms. The monoisotopic (exact) mass is 1550 g/mol. The molecule has 568 valence electrons. The second kappa shape index (κ2) is 30.2. The summed E-state index contributed by atoms with van der Waals surface area (Å²) in [5.74, 6) is 0. The van der Waals surface area contributed by atoms with Gasteiger partial charge in [-0.2, -0.15) is 0 Å². The number of benzene rings is 22. The van der Waals surface area contributed by atoms with Crippen molar-refractivity contribution in [3.63, 3.8) is 0 Å². The van der Waals surface area contributed by atoms with E-state index >= 15 is 0 Å². The minimum atomic E-state index is 1.16. The largest absolute Gasteiger partial charge is 0.315 e. The van der Waals surface area contributed by atoms with Gasteiger partial charge in [-0.15, -0.1) is 0 Å². The topological polar surface area (TPSA) is 9.86 Å². The Kier molecular flexibility index (Phi) is 17.6. The lowest BCUT2D eigenvalue weighted by atomic mass is 9.90. The average molecular weight is 1550 g/mol. The second-order valence-corrected chi connectivity index (χ2v) is 32.1. The summed E-state index contributed by atoms with van der Waals surface area (Å²) in [6.45, 7) is 0. The van der Waals surface area contributed by atoms with Gasteiger partial charge in [0.25, 0.3) is 0 Å². The van der Waals surface area contributed by atoms with Gasteiger partial charge in [-0.25, -0.2) is 0 Å². The SMILES string of the molecule is c1ccc(-c2ccc(-c3ccc4c(c3)c(-c3ccc(-c5ccccc5)cc3)cn4-c3ccc(-c4cc5ccccc5c5ccccc45)c4ccccc34)cc2)cc1.c1ccc2c(-c3ccc(-c4ccc5c(c4)c(-c4ccc(-c6cccc7ccccc67)cc4)cn5-c4ccc(-c5cc6ccccc6c6ccccc56)c5ccccc45)cc3)cccc2c1. The predicted octanol–water partition coefficient (Wildman–Crippen LogP) is 33.2. The summed E-state index contributed by atoms with van der Waals surface area (Å²) >= 11 is 0. The Morgan fingerprint density at radius 3 is 0.754 bits per heavy atom. The maximum atomic E-state index is 2.42. The molecule has 24 rings (SSSR count). The van der Waals surface area contributed by atoms with E-state index in [1.54, 1.807) is 0 Å². The molecule has 0 aliphatic heterocycles. The van der Waals surface area contributed by atoms with E-state index in [0.29, 0.717) is 0 Å². The molecule has 2 aromatic heterocycles. The van der Waals surface area contributed by atoms with Crippen LogP contribution in [0.3, 0.4) is 0 Å². The van der Waals surface area contributed by atoms with Gasteiger partial charge in [0.2, 0.25) is 0 Å². The third-order valence-corrected chi connectivity index (χ3v) is 25.3. The molecule has 24 aromatic rings. The van der Waals surface area contributed by atoms with Gasteiger partial charge in [0.1, 0.15) is 0 Å². The first-order valence-electron chi connectivity index (χ1n) is 42.2. The Morgan fingerprint density at radius 1 is 0.115 bits per heavy atom. The summed E-state index contributed by atoms with van der Waals surface area (Å²) in [6.07, 6.45) is 4.70. The molecule has 0 unspecified atom stereocenters. The highest BCUT2D eigenvalue weighted by atomic mass is 15.0. The minimum Gasteiger partial charge on any atom is -0.315 e. The third-order valence-electron chi connectivity index (χ3n) is 25.3. The Bertz CT molecular complexity index is 8180. The third kappa shape index (κ3) is 12.6. The fourth-order valence-electron chi connectivity index (χ4n) is 19.3. The number of fused-ring (bicyclic) bond motifs is 12. The van der Waals surface area contributed by atoms with Crippen LogP contribution in [0.15, 0.2) is 473 Å². The van der Waals surface area contributed by atoms with E-state index < -0.39 is 0 Å². The van der Waals surface area contributed by atoms with E-state index in [-0.39, 0.29) is 0 Å². The van der Waals surface area contributed by atoms with Crippen LogP contribution in [-0.4, -0.2) is 9.13 Å². The van der Waals surface area contributed by atoms with Crippen molar-refractivity contribution in [1.82, 2.24) is 9.13 Å². The fourth-order valence-corrected chi connectivity index (χ4v) is 19.3. The highest BCUT2D eigenvalue weighted by Gasteiger charge is 2.22. The van der Waals surface area contributed by atoms with Gasteiger partial charge in [-0.1, -0.05) is 413 Å². The number of hydrogen-bond acceptors (Lipinski definition) is 0. The number of aromatic nitrogens is 2. The van der Waals surface area contributed by atoms with Gasteiger partial charge in [-0.05, 0) is 224 Å². The summed E-state index contributed by atoms with van der Waals surface area (Å²) in [5.41, 5.74) is 29.0. The highest BCUT2D eigenvalue weighted by molar-refractivity contribution is 6.19. The molecule has 2 heterocycles. The zero-order valence-corrected chi connectivity index (χ0v) is 66.9. The Labute approximate surface area is 708 Å². The van der Waals surface area contributed by atoms with Crippen LogP contribution in [0.1, 0.15) is 0 Å². The molecule has 2 heteroatoms. The smallest absolute Gasteiger partial charge is 0.0535 e. The molecule has 0 saturated heterocycles. The second-order valence-electron chi connectivity index (χ2n) is 32.1. The van der Waals surface area contributed by atoms with Crippen molar-refractivity contribution in [3.8, 4) is 123 Å². The number of rotatable bonds is 12. The Balaban J connectivity index is 0.000000143. The van der Waals surface area contributed by atoms with Gasteiger partial charge in [0.15, 0.2) is 0 Å².